The van der Waals surface area contributed by atoms with Crippen molar-refractivity contribution in [1.82, 2.24) is 4.57 Å². The largest absolute Gasteiger partial charge is 0.493 e. The number of rotatable bonds is 6. The Morgan fingerprint density at radius 1 is 1.16 bits per heavy atom. The summed E-state index contributed by atoms with van der Waals surface area (Å²) < 4.78 is 12.7. The molecular weight excluding hydrogens is 547 g/mol. The number of furan rings is 1. The lowest BCUT2D eigenvalue weighted by Crippen LogP contribution is -1.98. The minimum atomic E-state index is -0.404. The number of hydrogen-bond acceptors (Lipinski definition) is 7. The standard InChI is InChI=1S/C22H15IN2O4S2/c23-29-21(27)16-8-6-15(7-9-16)17-10-11-19(28-17)24-12-18-20(26)25(22(30)31-18)13-14-4-2-1-3-5-14/h1-12,26H,13H2/b24-12+. The molecule has 9 heteroatoms. The van der Waals surface area contributed by atoms with Gasteiger partial charge in [0.1, 0.15) is 10.6 Å². The summed E-state index contributed by atoms with van der Waals surface area (Å²) in [6, 6.07) is 20.2. The third-order valence-corrected chi connectivity index (χ3v) is 6.23. The number of nitrogens with zero attached hydrogens (tertiary/aromatic N) is 2. The molecule has 0 aliphatic heterocycles. The lowest BCUT2D eigenvalue weighted by atomic mass is 10.1. The van der Waals surface area contributed by atoms with E-state index >= 15 is 0 Å². The van der Waals surface area contributed by atoms with E-state index in [9.17, 15) is 9.90 Å². The molecule has 4 rings (SSSR count). The molecule has 0 atom stereocenters. The van der Waals surface area contributed by atoms with Crippen molar-refractivity contribution in [1.29, 1.82) is 0 Å². The fourth-order valence-electron chi connectivity index (χ4n) is 2.89. The van der Waals surface area contributed by atoms with Gasteiger partial charge in [-0.05, 0) is 36.0 Å². The van der Waals surface area contributed by atoms with Gasteiger partial charge >= 0.3 is 5.97 Å². The maximum Gasteiger partial charge on any atom is 0.347 e. The van der Waals surface area contributed by atoms with Crippen LogP contribution in [0.1, 0.15) is 20.8 Å². The Balaban J connectivity index is 1.51. The summed E-state index contributed by atoms with van der Waals surface area (Å²) in [6.45, 7) is 0.488. The maximum atomic E-state index is 11.5. The van der Waals surface area contributed by atoms with Gasteiger partial charge in [0.15, 0.2) is 27.0 Å². The lowest BCUT2D eigenvalue weighted by molar-refractivity contribution is 0.0800. The molecule has 0 bridgehead atoms. The van der Waals surface area contributed by atoms with E-state index in [2.05, 4.69) is 8.06 Å². The van der Waals surface area contributed by atoms with Gasteiger partial charge < -0.3 is 12.6 Å². The Kier molecular flexibility index (Phi) is 6.64. The summed E-state index contributed by atoms with van der Waals surface area (Å²) in [6.07, 6.45) is 1.54. The zero-order chi connectivity index (χ0) is 21.8. The van der Waals surface area contributed by atoms with Gasteiger partial charge in [-0.15, -0.1) is 0 Å². The molecule has 0 amide bonds. The van der Waals surface area contributed by atoms with E-state index in [4.69, 9.17) is 16.6 Å². The third-order valence-electron chi connectivity index (χ3n) is 4.45. The van der Waals surface area contributed by atoms with Crippen LogP contribution in [0.3, 0.4) is 0 Å². The zero-order valence-electron chi connectivity index (χ0n) is 15.9. The van der Waals surface area contributed by atoms with E-state index in [1.807, 2.05) is 30.3 Å². The number of carbonyl (C=O) groups is 1. The van der Waals surface area contributed by atoms with E-state index in [0.29, 0.717) is 32.6 Å². The van der Waals surface area contributed by atoms with Gasteiger partial charge in [-0.2, -0.15) is 0 Å². The molecule has 0 unspecified atom stereocenters. The van der Waals surface area contributed by atoms with E-state index in [0.717, 1.165) is 11.1 Å². The van der Waals surface area contributed by atoms with Gasteiger partial charge in [-0.3, -0.25) is 4.57 Å². The molecule has 0 saturated heterocycles. The molecule has 0 aliphatic carbocycles. The molecular formula is C22H15IN2O4S2. The van der Waals surface area contributed by atoms with Crippen molar-refractivity contribution in [2.45, 2.75) is 6.54 Å². The molecule has 0 aliphatic rings. The molecule has 2 aromatic carbocycles. The molecule has 1 N–H and O–H groups in total. The highest BCUT2D eigenvalue weighted by atomic mass is 127. The Labute approximate surface area is 201 Å². The summed E-state index contributed by atoms with van der Waals surface area (Å²) in [5, 5.41) is 10.6. The normalized spacial score (nSPS) is 11.1. The minimum absolute atomic E-state index is 0.0760. The number of halogens is 1. The van der Waals surface area contributed by atoms with Crippen molar-refractivity contribution in [3.8, 4) is 17.2 Å². The van der Waals surface area contributed by atoms with Crippen LogP contribution in [-0.2, 0) is 9.61 Å². The predicted octanol–water partition coefficient (Wildman–Crippen LogP) is 6.55. The van der Waals surface area contributed by atoms with Gasteiger partial charge in [0.2, 0.25) is 11.8 Å². The summed E-state index contributed by atoms with van der Waals surface area (Å²) in [5.74, 6) is 0.671. The highest BCUT2D eigenvalue weighted by Crippen LogP contribution is 2.29. The molecule has 4 aromatic rings. The fraction of sp³-hybridized carbons (Fsp3) is 0.0455. The van der Waals surface area contributed by atoms with Gasteiger partial charge in [0.05, 0.1) is 18.3 Å². The lowest BCUT2D eigenvalue weighted by Gasteiger charge is -2.04. The molecule has 2 aromatic heterocycles. The minimum Gasteiger partial charge on any atom is -0.493 e. The molecule has 6 nitrogen and oxygen atoms in total. The van der Waals surface area contributed by atoms with Crippen molar-refractivity contribution in [2.24, 2.45) is 4.99 Å². The van der Waals surface area contributed by atoms with Crippen LogP contribution in [0, 0.1) is 3.95 Å². The summed E-state index contributed by atoms with van der Waals surface area (Å²) in [5.41, 5.74) is 2.31. The van der Waals surface area contributed by atoms with Crippen LogP contribution >= 0.6 is 46.6 Å². The SMILES string of the molecule is O=C(OI)c1ccc(-c2ccc(/N=C/c3sc(=S)n(Cc4ccccc4)c3O)o2)cc1. The number of aromatic hydroxyl groups is 1. The van der Waals surface area contributed by atoms with Crippen LogP contribution in [0.25, 0.3) is 11.3 Å². The van der Waals surface area contributed by atoms with Crippen LogP contribution in [0.4, 0.5) is 5.88 Å². The first-order valence-corrected chi connectivity index (χ1v) is 11.2. The molecule has 156 valence electrons. The Bertz CT molecular complexity index is 1290. The van der Waals surface area contributed by atoms with E-state index in [1.165, 1.54) is 11.3 Å². The first-order valence-electron chi connectivity index (χ1n) is 9.09. The fourth-order valence-corrected chi connectivity index (χ4v) is 4.32. The molecule has 0 fully saturated rings. The van der Waals surface area contributed by atoms with Crippen molar-refractivity contribution in [3.05, 3.63) is 86.7 Å². The molecule has 31 heavy (non-hydrogen) atoms. The number of carbonyl (C=O) groups excluding carboxylic acids is 1. The smallest absolute Gasteiger partial charge is 0.347 e. The topological polar surface area (TPSA) is 77.0 Å². The third kappa shape index (κ3) is 4.94. The molecule has 2 heterocycles. The average Bonchev–Trinajstić information content (AvgIpc) is 3.38. The molecule has 0 saturated carbocycles. The van der Waals surface area contributed by atoms with Crippen LogP contribution in [-0.4, -0.2) is 21.9 Å². The van der Waals surface area contributed by atoms with Crippen molar-refractivity contribution in [3.63, 3.8) is 0 Å². The van der Waals surface area contributed by atoms with E-state index in [-0.39, 0.29) is 5.88 Å². The van der Waals surface area contributed by atoms with Crippen LogP contribution < -0.4 is 0 Å². The van der Waals surface area contributed by atoms with E-state index < -0.39 is 5.97 Å². The average molecular weight is 562 g/mol. The summed E-state index contributed by atoms with van der Waals surface area (Å²) in [4.78, 5) is 16.4. The second kappa shape index (κ2) is 9.58. The van der Waals surface area contributed by atoms with Crippen molar-refractivity contribution in [2.75, 3.05) is 0 Å². The number of aliphatic imine (C=N–C) groups is 1. The number of thiazole rings is 1. The Morgan fingerprint density at radius 3 is 2.61 bits per heavy atom. The second-order valence-electron chi connectivity index (χ2n) is 6.47. The zero-order valence-corrected chi connectivity index (χ0v) is 19.7. The Hall–Kier alpha value is -2.76. The van der Waals surface area contributed by atoms with Gasteiger partial charge in [-0.1, -0.05) is 53.8 Å². The first kappa shape index (κ1) is 21.5. The number of benzene rings is 2. The van der Waals surface area contributed by atoms with Crippen molar-refractivity contribution >= 4 is 64.6 Å². The van der Waals surface area contributed by atoms with Gasteiger partial charge in [-0.25, -0.2) is 9.79 Å². The maximum absolute atomic E-state index is 11.5. The molecule has 0 spiro atoms. The number of aromatic nitrogens is 1. The summed E-state index contributed by atoms with van der Waals surface area (Å²) >= 11 is 8.24. The monoisotopic (exact) mass is 562 g/mol. The Morgan fingerprint density at radius 2 is 1.90 bits per heavy atom. The highest BCUT2D eigenvalue weighted by Gasteiger charge is 2.12. The van der Waals surface area contributed by atoms with Crippen LogP contribution in [0.2, 0.25) is 0 Å². The van der Waals surface area contributed by atoms with Crippen LogP contribution in [0.5, 0.6) is 5.88 Å². The quantitative estimate of drug-likeness (QED) is 0.164. The van der Waals surface area contributed by atoms with Gasteiger partial charge in [0.25, 0.3) is 0 Å². The first-order chi connectivity index (χ1) is 15.0. The van der Waals surface area contributed by atoms with Crippen LogP contribution in [0.15, 0.2) is 76.1 Å². The second-order valence-corrected chi connectivity index (χ2v) is 8.58. The predicted molar refractivity (Wildman–Crippen MR) is 131 cm³/mol. The van der Waals surface area contributed by atoms with Crippen molar-refractivity contribution < 1.29 is 17.4 Å². The number of hydrogen-bond donors (Lipinski definition) is 1. The van der Waals surface area contributed by atoms with E-state index in [1.54, 1.807) is 70.2 Å². The highest BCUT2D eigenvalue weighted by molar-refractivity contribution is 14.1. The molecule has 0 radical (unpaired) electrons. The summed E-state index contributed by atoms with van der Waals surface area (Å²) in [7, 11) is 0. The van der Waals surface area contributed by atoms with Gasteiger partial charge in [0, 0.05) is 11.6 Å².